The second-order valence-corrected chi connectivity index (χ2v) is 6.29. The highest BCUT2D eigenvalue weighted by Gasteiger charge is 2.13. The van der Waals surface area contributed by atoms with Gasteiger partial charge in [0.25, 0.3) is 0 Å². The van der Waals surface area contributed by atoms with Gasteiger partial charge in [-0.1, -0.05) is 30.3 Å². The lowest BCUT2D eigenvalue weighted by molar-refractivity contribution is 0.106. The third kappa shape index (κ3) is 4.19. The Morgan fingerprint density at radius 2 is 2.00 bits per heavy atom. The molecule has 0 saturated heterocycles. The first-order valence-corrected chi connectivity index (χ1v) is 8.63. The quantitative estimate of drug-likeness (QED) is 0.865. The number of benzene rings is 2. The summed E-state index contributed by atoms with van der Waals surface area (Å²) in [5.74, 6) is 2.18. The van der Waals surface area contributed by atoms with Crippen LogP contribution in [0.1, 0.15) is 17.2 Å². The Morgan fingerprint density at radius 3 is 2.71 bits per heavy atom. The molecule has 1 unspecified atom stereocenters. The molecule has 1 atom stereocenters. The molecule has 0 spiro atoms. The first kappa shape index (κ1) is 16.6. The number of hydrogen-bond donors (Lipinski definition) is 1. The van der Waals surface area contributed by atoms with E-state index in [4.69, 9.17) is 9.47 Å². The summed E-state index contributed by atoms with van der Waals surface area (Å²) in [5, 5.41) is 10.3. The molecule has 2 aromatic rings. The van der Waals surface area contributed by atoms with Gasteiger partial charge in [0.15, 0.2) is 0 Å². The summed E-state index contributed by atoms with van der Waals surface area (Å²) in [6, 6.07) is 15.2. The van der Waals surface area contributed by atoms with E-state index >= 15 is 0 Å². The molecule has 24 heavy (non-hydrogen) atoms. The minimum atomic E-state index is -0.742. The van der Waals surface area contributed by atoms with Gasteiger partial charge < -0.3 is 14.6 Å². The van der Waals surface area contributed by atoms with Crippen LogP contribution in [0.3, 0.4) is 0 Å². The summed E-state index contributed by atoms with van der Waals surface area (Å²) in [7, 11) is 1.59. The Labute approximate surface area is 145 Å². The number of methoxy groups -OCH3 is 1. The SMILES string of the molecule is COc1ccccc1C(O)COc1ccc(/C=C2/C=NCS2)cc1. The highest BCUT2D eigenvalue weighted by Crippen LogP contribution is 2.26. The molecule has 1 heterocycles. The zero-order chi connectivity index (χ0) is 16.8. The molecule has 4 nitrogen and oxygen atoms in total. The smallest absolute Gasteiger partial charge is 0.124 e. The van der Waals surface area contributed by atoms with E-state index in [0.717, 1.165) is 27.7 Å². The van der Waals surface area contributed by atoms with Gasteiger partial charge in [0, 0.05) is 16.7 Å². The minimum Gasteiger partial charge on any atom is -0.496 e. The molecule has 1 N–H and O–H groups in total. The van der Waals surface area contributed by atoms with Crippen molar-refractivity contribution >= 4 is 24.1 Å². The molecule has 1 aliphatic heterocycles. The maximum absolute atomic E-state index is 10.3. The van der Waals surface area contributed by atoms with Gasteiger partial charge in [0.2, 0.25) is 0 Å². The first-order chi connectivity index (χ1) is 11.8. The summed E-state index contributed by atoms with van der Waals surface area (Å²) in [6.07, 6.45) is 3.24. The molecule has 0 aromatic heterocycles. The number of allylic oxidation sites excluding steroid dienone is 1. The molecule has 5 heteroatoms. The Hall–Kier alpha value is -2.24. The predicted octanol–water partition coefficient (Wildman–Crippen LogP) is 3.92. The summed E-state index contributed by atoms with van der Waals surface area (Å²) in [6.45, 7) is 0.170. The van der Waals surface area contributed by atoms with E-state index in [0.29, 0.717) is 5.75 Å². The van der Waals surface area contributed by atoms with E-state index in [1.165, 1.54) is 0 Å². The number of aliphatic hydroxyl groups is 1. The number of aliphatic imine (C=N–C) groups is 1. The lowest BCUT2D eigenvalue weighted by Crippen LogP contribution is -2.10. The maximum atomic E-state index is 10.3. The Morgan fingerprint density at radius 1 is 1.21 bits per heavy atom. The average molecular weight is 341 g/mol. The standard InChI is InChI=1S/C19H19NO3S/c1-22-19-5-3-2-4-17(19)18(21)12-23-15-8-6-14(7-9-15)10-16-11-20-13-24-16/h2-11,18,21H,12-13H2,1H3/b16-10-. The van der Waals surface area contributed by atoms with Gasteiger partial charge in [-0.3, -0.25) is 4.99 Å². The van der Waals surface area contributed by atoms with Crippen LogP contribution in [-0.4, -0.2) is 30.9 Å². The number of nitrogens with zero attached hydrogens (tertiary/aromatic N) is 1. The van der Waals surface area contributed by atoms with Crippen molar-refractivity contribution in [3.63, 3.8) is 0 Å². The van der Waals surface area contributed by atoms with Crippen LogP contribution in [0.25, 0.3) is 6.08 Å². The maximum Gasteiger partial charge on any atom is 0.124 e. The zero-order valence-electron chi connectivity index (χ0n) is 13.4. The van der Waals surface area contributed by atoms with Gasteiger partial charge in [-0.25, -0.2) is 0 Å². The third-order valence-electron chi connectivity index (χ3n) is 3.62. The number of rotatable bonds is 6. The molecule has 0 radical (unpaired) electrons. The molecular weight excluding hydrogens is 322 g/mol. The van der Waals surface area contributed by atoms with E-state index in [9.17, 15) is 5.11 Å². The van der Waals surface area contributed by atoms with Gasteiger partial charge in [-0.2, -0.15) is 0 Å². The fourth-order valence-corrected chi connectivity index (χ4v) is 3.05. The molecule has 0 bridgehead atoms. The third-order valence-corrected chi connectivity index (χ3v) is 4.45. The van der Waals surface area contributed by atoms with Crippen LogP contribution in [0.2, 0.25) is 0 Å². The van der Waals surface area contributed by atoms with Gasteiger partial charge in [-0.15, -0.1) is 11.8 Å². The first-order valence-electron chi connectivity index (χ1n) is 7.64. The van der Waals surface area contributed by atoms with Crippen LogP contribution in [-0.2, 0) is 0 Å². The van der Waals surface area contributed by atoms with E-state index in [-0.39, 0.29) is 6.61 Å². The number of hydrogen-bond acceptors (Lipinski definition) is 5. The Balaban J connectivity index is 1.60. The zero-order valence-corrected chi connectivity index (χ0v) is 14.2. The summed E-state index contributed by atoms with van der Waals surface area (Å²) >= 11 is 1.72. The lowest BCUT2D eigenvalue weighted by Gasteiger charge is -2.15. The molecule has 0 fully saturated rings. The van der Waals surface area contributed by atoms with E-state index in [2.05, 4.69) is 11.1 Å². The molecule has 0 saturated carbocycles. The number of ether oxygens (including phenoxy) is 2. The van der Waals surface area contributed by atoms with Crippen LogP contribution >= 0.6 is 11.8 Å². The number of thioether (sulfide) groups is 1. The average Bonchev–Trinajstić information content (AvgIpc) is 3.14. The van der Waals surface area contributed by atoms with Crippen molar-refractivity contribution < 1.29 is 14.6 Å². The normalized spacial score (nSPS) is 16.3. The molecular formula is C19H19NO3S. The topological polar surface area (TPSA) is 51.0 Å². The van der Waals surface area contributed by atoms with Crippen LogP contribution in [0, 0.1) is 0 Å². The van der Waals surface area contributed by atoms with Crippen LogP contribution in [0.4, 0.5) is 0 Å². The minimum absolute atomic E-state index is 0.170. The summed E-state index contributed by atoms with van der Waals surface area (Å²) < 4.78 is 11.0. The molecule has 2 aromatic carbocycles. The second kappa shape index (κ2) is 8.04. The van der Waals surface area contributed by atoms with Crippen molar-refractivity contribution in [2.45, 2.75) is 6.10 Å². The van der Waals surface area contributed by atoms with Crippen LogP contribution in [0.15, 0.2) is 58.4 Å². The number of para-hydroxylation sites is 1. The monoisotopic (exact) mass is 341 g/mol. The Bertz CT molecular complexity index is 741. The number of aliphatic hydroxyl groups excluding tert-OH is 1. The van der Waals surface area contributed by atoms with Crippen molar-refractivity contribution in [1.82, 2.24) is 0 Å². The van der Waals surface area contributed by atoms with Crippen molar-refractivity contribution in [1.29, 1.82) is 0 Å². The summed E-state index contributed by atoms with van der Waals surface area (Å²) in [4.78, 5) is 5.34. The highest BCUT2D eigenvalue weighted by molar-refractivity contribution is 8.04. The van der Waals surface area contributed by atoms with Gasteiger partial charge in [-0.05, 0) is 29.8 Å². The molecule has 124 valence electrons. The molecule has 1 aliphatic rings. The van der Waals surface area contributed by atoms with Gasteiger partial charge in [0.1, 0.15) is 24.2 Å². The van der Waals surface area contributed by atoms with Crippen molar-refractivity contribution in [2.24, 2.45) is 4.99 Å². The molecule has 3 rings (SSSR count). The van der Waals surface area contributed by atoms with Crippen LogP contribution in [0.5, 0.6) is 11.5 Å². The van der Waals surface area contributed by atoms with Crippen molar-refractivity contribution in [2.75, 3.05) is 19.6 Å². The van der Waals surface area contributed by atoms with Gasteiger partial charge >= 0.3 is 0 Å². The second-order valence-electron chi connectivity index (χ2n) is 5.27. The van der Waals surface area contributed by atoms with E-state index < -0.39 is 6.10 Å². The van der Waals surface area contributed by atoms with Crippen molar-refractivity contribution in [3.8, 4) is 11.5 Å². The fourth-order valence-electron chi connectivity index (χ4n) is 2.39. The fraction of sp³-hybridized carbons (Fsp3) is 0.211. The van der Waals surface area contributed by atoms with Crippen LogP contribution < -0.4 is 9.47 Å². The summed E-state index contributed by atoms with van der Waals surface area (Å²) in [5.41, 5.74) is 1.82. The molecule has 0 aliphatic carbocycles. The van der Waals surface area contributed by atoms with E-state index in [1.54, 1.807) is 18.9 Å². The Kier molecular flexibility index (Phi) is 5.56. The molecule has 0 amide bonds. The lowest BCUT2D eigenvalue weighted by atomic mass is 10.1. The van der Waals surface area contributed by atoms with E-state index in [1.807, 2.05) is 54.7 Å². The largest absolute Gasteiger partial charge is 0.496 e. The van der Waals surface area contributed by atoms with Gasteiger partial charge in [0.05, 0.1) is 13.0 Å². The van der Waals surface area contributed by atoms with Crippen molar-refractivity contribution in [3.05, 3.63) is 64.6 Å². The highest BCUT2D eigenvalue weighted by atomic mass is 32.2. The predicted molar refractivity (Wildman–Crippen MR) is 98.8 cm³/mol.